The zero-order valence-electron chi connectivity index (χ0n) is 11.8. The van der Waals surface area contributed by atoms with Gasteiger partial charge in [0.25, 0.3) is 0 Å². The highest BCUT2D eigenvalue weighted by Crippen LogP contribution is 2.19. The molecule has 2 heterocycles. The molecule has 1 amide bonds. The van der Waals surface area contributed by atoms with Gasteiger partial charge in [0.1, 0.15) is 12.9 Å². The Labute approximate surface area is 120 Å². The zero-order valence-corrected chi connectivity index (χ0v) is 11.8. The first-order valence-electron chi connectivity index (χ1n) is 6.61. The summed E-state index contributed by atoms with van der Waals surface area (Å²) in [5.41, 5.74) is 1.63. The van der Waals surface area contributed by atoms with Crippen LogP contribution in [0.4, 0.5) is 5.69 Å². The second kappa shape index (κ2) is 5.31. The molecule has 0 fully saturated rings. The molecule has 3 aromatic rings. The van der Waals surface area contributed by atoms with Gasteiger partial charge in [-0.05, 0) is 42.5 Å². The zero-order chi connectivity index (χ0) is 14.8. The van der Waals surface area contributed by atoms with Crippen LogP contribution in [-0.4, -0.2) is 35.9 Å². The van der Waals surface area contributed by atoms with Crippen LogP contribution in [0.25, 0.3) is 10.9 Å². The summed E-state index contributed by atoms with van der Waals surface area (Å²) in [5.74, 6) is -0.182. The van der Waals surface area contributed by atoms with E-state index in [1.807, 2.05) is 29.1 Å². The number of benzene rings is 1. The minimum absolute atomic E-state index is 0.0797. The van der Waals surface area contributed by atoms with Crippen LogP contribution in [-0.2, 0) is 11.3 Å². The lowest BCUT2D eigenvalue weighted by molar-refractivity contribution is -0.116. The molecule has 0 aliphatic carbocycles. The molecular weight excluding hydrogens is 270 g/mol. The van der Waals surface area contributed by atoms with Crippen LogP contribution in [0, 0.1) is 0 Å². The standard InChI is InChI=1S/C13H15N7O/c1-9(2)20-6-10-5-11(3-4-12(10)16-20)15-13(21)7-19-8-14-17-18-19/h3-6,8-9H,7H2,1-2H3,(H,15,21). The van der Waals surface area contributed by atoms with Gasteiger partial charge in [0, 0.05) is 23.3 Å². The number of amides is 1. The summed E-state index contributed by atoms with van der Waals surface area (Å²) in [7, 11) is 0. The highest BCUT2D eigenvalue weighted by atomic mass is 16.2. The Bertz CT molecular complexity index is 760. The Morgan fingerprint density at radius 2 is 2.24 bits per heavy atom. The van der Waals surface area contributed by atoms with Crippen molar-refractivity contribution in [1.82, 2.24) is 30.0 Å². The van der Waals surface area contributed by atoms with Crippen LogP contribution in [0.5, 0.6) is 0 Å². The Morgan fingerprint density at radius 1 is 1.38 bits per heavy atom. The van der Waals surface area contributed by atoms with E-state index in [9.17, 15) is 4.79 Å². The average Bonchev–Trinajstić information content (AvgIpc) is 3.06. The van der Waals surface area contributed by atoms with Gasteiger partial charge in [-0.1, -0.05) is 0 Å². The highest BCUT2D eigenvalue weighted by molar-refractivity contribution is 5.93. The van der Waals surface area contributed by atoms with Gasteiger partial charge in [-0.2, -0.15) is 5.10 Å². The minimum Gasteiger partial charge on any atom is -0.324 e. The first-order valence-corrected chi connectivity index (χ1v) is 6.61. The number of rotatable bonds is 4. The van der Waals surface area contributed by atoms with Crippen LogP contribution in [0.2, 0.25) is 0 Å². The molecule has 108 valence electrons. The van der Waals surface area contributed by atoms with Gasteiger partial charge in [0.05, 0.1) is 5.52 Å². The summed E-state index contributed by atoms with van der Waals surface area (Å²) in [4.78, 5) is 11.9. The molecule has 0 radical (unpaired) electrons. The molecule has 0 aliphatic rings. The third-order valence-corrected chi connectivity index (χ3v) is 3.03. The summed E-state index contributed by atoms with van der Waals surface area (Å²) in [6.07, 6.45) is 3.37. The molecule has 0 aliphatic heterocycles. The number of nitrogens with zero attached hydrogens (tertiary/aromatic N) is 6. The third kappa shape index (κ3) is 2.88. The number of anilines is 1. The van der Waals surface area contributed by atoms with Crippen LogP contribution in [0.1, 0.15) is 19.9 Å². The van der Waals surface area contributed by atoms with Crippen LogP contribution < -0.4 is 5.32 Å². The maximum absolute atomic E-state index is 11.9. The minimum atomic E-state index is -0.182. The van der Waals surface area contributed by atoms with Crippen molar-refractivity contribution < 1.29 is 4.79 Å². The third-order valence-electron chi connectivity index (χ3n) is 3.03. The van der Waals surface area contributed by atoms with Crippen molar-refractivity contribution in [1.29, 1.82) is 0 Å². The number of aromatic nitrogens is 6. The summed E-state index contributed by atoms with van der Waals surface area (Å²) >= 11 is 0. The molecule has 0 unspecified atom stereocenters. The Hall–Kier alpha value is -2.77. The summed E-state index contributed by atoms with van der Waals surface area (Å²) in [6.45, 7) is 4.22. The quantitative estimate of drug-likeness (QED) is 0.779. The van der Waals surface area contributed by atoms with Gasteiger partial charge in [-0.25, -0.2) is 4.68 Å². The number of tetrazole rings is 1. The fourth-order valence-electron chi connectivity index (χ4n) is 1.99. The molecule has 0 saturated carbocycles. The maximum Gasteiger partial charge on any atom is 0.246 e. The fraction of sp³-hybridized carbons (Fsp3) is 0.308. The number of fused-ring (bicyclic) bond motifs is 1. The topological polar surface area (TPSA) is 90.5 Å². The predicted molar refractivity (Wildman–Crippen MR) is 76.6 cm³/mol. The van der Waals surface area contributed by atoms with E-state index in [4.69, 9.17) is 0 Å². The fourth-order valence-corrected chi connectivity index (χ4v) is 1.99. The van der Waals surface area contributed by atoms with Crippen LogP contribution >= 0.6 is 0 Å². The molecule has 21 heavy (non-hydrogen) atoms. The van der Waals surface area contributed by atoms with Gasteiger partial charge in [0.15, 0.2) is 0 Å². The lowest BCUT2D eigenvalue weighted by atomic mass is 10.2. The number of hydrogen-bond donors (Lipinski definition) is 1. The first kappa shape index (κ1) is 13.2. The van der Waals surface area contributed by atoms with E-state index in [2.05, 4.69) is 39.8 Å². The lowest BCUT2D eigenvalue weighted by Gasteiger charge is -2.04. The Kier molecular flexibility index (Phi) is 3.35. The molecule has 0 atom stereocenters. The molecular formula is C13H15N7O. The van der Waals surface area contributed by atoms with Gasteiger partial charge < -0.3 is 5.32 Å². The van der Waals surface area contributed by atoms with E-state index in [1.165, 1.54) is 11.0 Å². The molecule has 1 N–H and O–H groups in total. The predicted octanol–water partition coefficient (Wildman–Crippen LogP) is 1.24. The van der Waals surface area contributed by atoms with Gasteiger partial charge in [-0.3, -0.25) is 9.48 Å². The summed E-state index contributed by atoms with van der Waals surface area (Å²) < 4.78 is 3.27. The molecule has 3 rings (SSSR count). The number of hydrogen-bond acceptors (Lipinski definition) is 5. The first-order chi connectivity index (χ1) is 10.1. The lowest BCUT2D eigenvalue weighted by Crippen LogP contribution is -2.19. The molecule has 0 bridgehead atoms. The van der Waals surface area contributed by atoms with Crippen molar-refractivity contribution in [2.45, 2.75) is 26.4 Å². The van der Waals surface area contributed by atoms with Crippen molar-refractivity contribution in [2.24, 2.45) is 0 Å². The van der Waals surface area contributed by atoms with Crippen molar-refractivity contribution in [3.05, 3.63) is 30.7 Å². The molecule has 0 saturated heterocycles. The largest absolute Gasteiger partial charge is 0.324 e. The van der Waals surface area contributed by atoms with Crippen molar-refractivity contribution in [2.75, 3.05) is 5.32 Å². The van der Waals surface area contributed by atoms with E-state index in [-0.39, 0.29) is 12.5 Å². The summed E-state index contributed by atoms with van der Waals surface area (Å²) in [6, 6.07) is 5.92. The monoisotopic (exact) mass is 285 g/mol. The average molecular weight is 285 g/mol. The van der Waals surface area contributed by atoms with E-state index in [0.717, 1.165) is 16.6 Å². The Balaban J connectivity index is 1.76. The molecule has 8 nitrogen and oxygen atoms in total. The second-order valence-electron chi connectivity index (χ2n) is 5.03. The maximum atomic E-state index is 11.9. The highest BCUT2D eigenvalue weighted by Gasteiger charge is 2.07. The number of carbonyl (C=O) groups is 1. The van der Waals surface area contributed by atoms with Gasteiger partial charge in [0.2, 0.25) is 5.91 Å². The van der Waals surface area contributed by atoms with Crippen LogP contribution in [0.3, 0.4) is 0 Å². The van der Waals surface area contributed by atoms with Crippen molar-refractivity contribution in [3.8, 4) is 0 Å². The molecule has 8 heteroatoms. The van der Waals surface area contributed by atoms with Crippen molar-refractivity contribution in [3.63, 3.8) is 0 Å². The Morgan fingerprint density at radius 3 is 2.95 bits per heavy atom. The normalized spacial score (nSPS) is 11.2. The van der Waals surface area contributed by atoms with E-state index in [1.54, 1.807) is 0 Å². The van der Waals surface area contributed by atoms with E-state index >= 15 is 0 Å². The summed E-state index contributed by atoms with van der Waals surface area (Å²) in [5, 5.41) is 18.9. The number of carbonyl (C=O) groups excluding carboxylic acids is 1. The van der Waals surface area contributed by atoms with Gasteiger partial charge >= 0.3 is 0 Å². The molecule has 1 aromatic carbocycles. The van der Waals surface area contributed by atoms with Gasteiger partial charge in [-0.15, -0.1) is 5.10 Å². The van der Waals surface area contributed by atoms with Crippen LogP contribution in [0.15, 0.2) is 30.7 Å². The second-order valence-corrected chi connectivity index (χ2v) is 5.03. The molecule has 2 aromatic heterocycles. The molecule has 0 spiro atoms. The van der Waals surface area contributed by atoms with E-state index < -0.39 is 0 Å². The number of nitrogens with one attached hydrogen (secondary N) is 1. The van der Waals surface area contributed by atoms with E-state index in [0.29, 0.717) is 6.04 Å². The smallest absolute Gasteiger partial charge is 0.246 e. The SMILES string of the molecule is CC(C)n1cc2cc(NC(=O)Cn3cnnn3)ccc2n1. The van der Waals surface area contributed by atoms with Crippen molar-refractivity contribution >= 4 is 22.5 Å².